The molecule has 1 saturated heterocycles. The zero-order valence-corrected chi connectivity index (χ0v) is 10.6. The van der Waals surface area contributed by atoms with Crippen LogP contribution in [0.5, 0.6) is 0 Å². The summed E-state index contributed by atoms with van der Waals surface area (Å²) in [5.74, 6) is -0.243. The molecule has 0 radical (unpaired) electrons. The van der Waals surface area contributed by atoms with Gasteiger partial charge in [0.15, 0.2) is 0 Å². The van der Waals surface area contributed by atoms with E-state index in [1.807, 2.05) is 30.3 Å². The van der Waals surface area contributed by atoms with Crippen molar-refractivity contribution in [2.45, 2.75) is 24.9 Å². The van der Waals surface area contributed by atoms with Crippen LogP contribution in [0.25, 0.3) is 0 Å². The Balaban J connectivity index is 2.07. The highest BCUT2D eigenvalue weighted by Crippen LogP contribution is 2.18. The fourth-order valence-corrected chi connectivity index (χ4v) is 2.16. The molecule has 1 atom stereocenters. The van der Waals surface area contributed by atoms with E-state index >= 15 is 0 Å². The van der Waals surface area contributed by atoms with E-state index in [1.54, 1.807) is 0 Å². The Morgan fingerprint density at radius 3 is 2.61 bits per heavy atom. The molecule has 0 aromatic heterocycles. The van der Waals surface area contributed by atoms with E-state index in [1.165, 1.54) is 7.11 Å². The summed E-state index contributed by atoms with van der Waals surface area (Å²) < 4.78 is 10.2. The maximum atomic E-state index is 11.9. The number of esters is 1. The molecule has 0 aliphatic carbocycles. The van der Waals surface area contributed by atoms with Gasteiger partial charge in [-0.1, -0.05) is 30.3 Å². The molecule has 0 saturated carbocycles. The van der Waals surface area contributed by atoms with Crippen molar-refractivity contribution in [3.8, 4) is 0 Å². The van der Waals surface area contributed by atoms with Gasteiger partial charge in [-0.15, -0.1) is 0 Å². The molecular formula is C14H19NO3. The lowest BCUT2D eigenvalue weighted by molar-refractivity contribution is -0.143. The molecule has 1 aliphatic rings. The number of ether oxygens (including phenoxy) is 2. The summed E-state index contributed by atoms with van der Waals surface area (Å²) in [6.07, 6.45) is 1.86. The van der Waals surface area contributed by atoms with Crippen molar-refractivity contribution in [1.29, 1.82) is 0 Å². The highest BCUT2D eigenvalue weighted by Gasteiger charge is 2.25. The van der Waals surface area contributed by atoms with Crippen LogP contribution in [-0.4, -0.2) is 32.3 Å². The SMILES string of the molecule is COC(=O)C(NC1CCOCC1)c1ccccc1. The fourth-order valence-electron chi connectivity index (χ4n) is 2.16. The minimum absolute atomic E-state index is 0.243. The van der Waals surface area contributed by atoms with E-state index in [2.05, 4.69) is 5.32 Å². The van der Waals surface area contributed by atoms with Crippen LogP contribution in [0.3, 0.4) is 0 Å². The second kappa shape index (κ2) is 6.52. The van der Waals surface area contributed by atoms with Gasteiger partial charge in [0.1, 0.15) is 6.04 Å². The quantitative estimate of drug-likeness (QED) is 0.825. The summed E-state index contributed by atoms with van der Waals surface area (Å²) in [6, 6.07) is 9.59. The number of hydrogen-bond acceptors (Lipinski definition) is 4. The molecule has 1 heterocycles. The third-order valence-electron chi connectivity index (χ3n) is 3.19. The zero-order chi connectivity index (χ0) is 12.8. The Kier molecular flexibility index (Phi) is 4.73. The summed E-state index contributed by atoms with van der Waals surface area (Å²) >= 11 is 0. The molecule has 4 heteroatoms. The molecule has 1 unspecified atom stereocenters. The average molecular weight is 249 g/mol. The van der Waals surface area contributed by atoms with Crippen molar-refractivity contribution in [1.82, 2.24) is 5.32 Å². The summed E-state index contributed by atoms with van der Waals surface area (Å²) in [5.41, 5.74) is 0.941. The van der Waals surface area contributed by atoms with Crippen LogP contribution in [-0.2, 0) is 14.3 Å². The first kappa shape index (κ1) is 13.1. The topological polar surface area (TPSA) is 47.6 Å². The number of benzene rings is 1. The molecule has 0 spiro atoms. The molecule has 18 heavy (non-hydrogen) atoms. The first-order valence-electron chi connectivity index (χ1n) is 6.28. The van der Waals surface area contributed by atoms with E-state index in [4.69, 9.17) is 9.47 Å². The van der Waals surface area contributed by atoms with Gasteiger partial charge >= 0.3 is 5.97 Å². The fraction of sp³-hybridized carbons (Fsp3) is 0.500. The van der Waals surface area contributed by atoms with Crippen molar-refractivity contribution >= 4 is 5.97 Å². The molecule has 1 fully saturated rings. The highest BCUT2D eigenvalue weighted by molar-refractivity contribution is 5.77. The molecule has 1 N–H and O–H groups in total. The molecule has 1 aromatic carbocycles. The van der Waals surface area contributed by atoms with Crippen LogP contribution in [0.4, 0.5) is 0 Å². The molecule has 4 nitrogen and oxygen atoms in total. The minimum Gasteiger partial charge on any atom is -0.468 e. The number of carbonyl (C=O) groups is 1. The second-order valence-electron chi connectivity index (χ2n) is 4.42. The Labute approximate surface area is 107 Å². The standard InChI is InChI=1S/C14H19NO3/c1-17-14(16)13(11-5-3-2-4-6-11)15-12-7-9-18-10-8-12/h2-6,12-13,15H,7-10H2,1H3. The third kappa shape index (κ3) is 3.31. The zero-order valence-electron chi connectivity index (χ0n) is 10.6. The maximum absolute atomic E-state index is 11.9. The van der Waals surface area contributed by atoms with E-state index in [-0.39, 0.29) is 12.0 Å². The van der Waals surface area contributed by atoms with E-state index in [9.17, 15) is 4.79 Å². The first-order valence-corrected chi connectivity index (χ1v) is 6.28. The number of rotatable bonds is 4. The van der Waals surface area contributed by atoms with Crippen LogP contribution in [0.2, 0.25) is 0 Å². The molecule has 2 rings (SSSR count). The molecule has 1 aromatic rings. The van der Waals surface area contributed by atoms with Gasteiger partial charge in [0.05, 0.1) is 7.11 Å². The van der Waals surface area contributed by atoms with E-state index in [0.717, 1.165) is 31.6 Å². The van der Waals surface area contributed by atoms with Crippen molar-refractivity contribution in [2.24, 2.45) is 0 Å². The molecular weight excluding hydrogens is 230 g/mol. The Hall–Kier alpha value is -1.39. The predicted molar refractivity (Wildman–Crippen MR) is 68.2 cm³/mol. The Morgan fingerprint density at radius 2 is 2.00 bits per heavy atom. The minimum atomic E-state index is -0.390. The Bertz CT molecular complexity index is 374. The normalized spacial score (nSPS) is 18.3. The number of nitrogens with one attached hydrogen (secondary N) is 1. The van der Waals surface area contributed by atoms with Gasteiger partial charge in [0.25, 0.3) is 0 Å². The highest BCUT2D eigenvalue weighted by atomic mass is 16.5. The van der Waals surface area contributed by atoms with Crippen molar-refractivity contribution in [3.05, 3.63) is 35.9 Å². The summed E-state index contributed by atoms with van der Waals surface area (Å²) in [6.45, 7) is 1.50. The van der Waals surface area contributed by atoms with E-state index in [0.29, 0.717) is 6.04 Å². The molecule has 98 valence electrons. The third-order valence-corrected chi connectivity index (χ3v) is 3.19. The van der Waals surface area contributed by atoms with Crippen LogP contribution >= 0.6 is 0 Å². The lowest BCUT2D eigenvalue weighted by atomic mass is 10.0. The smallest absolute Gasteiger partial charge is 0.327 e. The van der Waals surface area contributed by atoms with Gasteiger partial charge in [-0.05, 0) is 18.4 Å². The average Bonchev–Trinajstić information content (AvgIpc) is 2.46. The largest absolute Gasteiger partial charge is 0.468 e. The van der Waals surface area contributed by atoms with Crippen molar-refractivity contribution < 1.29 is 14.3 Å². The molecule has 1 aliphatic heterocycles. The first-order chi connectivity index (χ1) is 8.81. The van der Waals surface area contributed by atoms with Gasteiger partial charge in [0, 0.05) is 19.3 Å². The molecule has 0 bridgehead atoms. The van der Waals surface area contributed by atoms with Gasteiger partial charge in [-0.2, -0.15) is 0 Å². The van der Waals surface area contributed by atoms with Crippen LogP contribution in [0.1, 0.15) is 24.4 Å². The lowest BCUT2D eigenvalue weighted by Gasteiger charge is -2.27. The maximum Gasteiger partial charge on any atom is 0.327 e. The van der Waals surface area contributed by atoms with Crippen molar-refractivity contribution in [3.63, 3.8) is 0 Å². The van der Waals surface area contributed by atoms with Crippen LogP contribution < -0.4 is 5.32 Å². The number of hydrogen-bond donors (Lipinski definition) is 1. The van der Waals surface area contributed by atoms with Crippen LogP contribution in [0, 0.1) is 0 Å². The van der Waals surface area contributed by atoms with Gasteiger partial charge in [-0.3, -0.25) is 5.32 Å². The summed E-state index contributed by atoms with van der Waals surface area (Å²) in [4.78, 5) is 11.9. The van der Waals surface area contributed by atoms with Gasteiger partial charge in [0.2, 0.25) is 0 Å². The second-order valence-corrected chi connectivity index (χ2v) is 4.42. The Morgan fingerprint density at radius 1 is 1.33 bits per heavy atom. The van der Waals surface area contributed by atoms with E-state index < -0.39 is 0 Å². The van der Waals surface area contributed by atoms with Gasteiger partial charge < -0.3 is 9.47 Å². The van der Waals surface area contributed by atoms with Gasteiger partial charge in [-0.25, -0.2) is 4.79 Å². The summed E-state index contributed by atoms with van der Waals surface area (Å²) in [7, 11) is 1.42. The predicted octanol–water partition coefficient (Wildman–Crippen LogP) is 1.67. The number of methoxy groups -OCH3 is 1. The monoisotopic (exact) mass is 249 g/mol. The number of carbonyl (C=O) groups excluding carboxylic acids is 1. The lowest BCUT2D eigenvalue weighted by Crippen LogP contribution is -2.40. The molecule has 0 amide bonds. The van der Waals surface area contributed by atoms with Crippen molar-refractivity contribution in [2.75, 3.05) is 20.3 Å². The van der Waals surface area contributed by atoms with Crippen LogP contribution in [0.15, 0.2) is 30.3 Å². The summed E-state index contributed by atoms with van der Waals surface area (Å²) in [5, 5.41) is 3.37.